The lowest BCUT2D eigenvalue weighted by molar-refractivity contribution is 0.0285. The van der Waals surface area contributed by atoms with Gasteiger partial charge >= 0.3 is 0 Å². The summed E-state index contributed by atoms with van der Waals surface area (Å²) in [4.78, 5) is 16.3. The van der Waals surface area contributed by atoms with Gasteiger partial charge < -0.3 is 19.5 Å². The molecule has 0 aliphatic heterocycles. The summed E-state index contributed by atoms with van der Waals surface area (Å²) in [6, 6.07) is 3.60. The number of fused-ring (bicyclic) bond motifs is 1. The van der Waals surface area contributed by atoms with Gasteiger partial charge in [-0.15, -0.1) is 0 Å². The molecule has 8 heteroatoms. The highest BCUT2D eigenvalue weighted by Gasteiger charge is 2.23. The van der Waals surface area contributed by atoms with E-state index in [1.165, 1.54) is 5.56 Å². The van der Waals surface area contributed by atoms with Crippen molar-refractivity contribution in [1.82, 2.24) is 20.3 Å². The van der Waals surface area contributed by atoms with E-state index in [2.05, 4.69) is 36.0 Å². The van der Waals surface area contributed by atoms with Crippen molar-refractivity contribution in [3.8, 4) is 17.3 Å². The molecule has 0 spiro atoms. The molecule has 0 amide bonds. The Morgan fingerprint density at radius 3 is 2.66 bits per heavy atom. The topological polar surface area (TPSA) is 92.6 Å². The monoisotopic (exact) mass is 443 g/mol. The Kier molecular flexibility index (Phi) is 7.69. The molecule has 0 atom stereocenters. The van der Waals surface area contributed by atoms with E-state index in [0.29, 0.717) is 30.6 Å². The van der Waals surface area contributed by atoms with Gasteiger partial charge in [0.2, 0.25) is 0 Å². The van der Waals surface area contributed by atoms with Gasteiger partial charge in [0.25, 0.3) is 0 Å². The van der Waals surface area contributed by atoms with Crippen molar-refractivity contribution in [3.05, 3.63) is 29.6 Å². The lowest BCUT2D eigenvalue weighted by atomic mass is 10.1. The van der Waals surface area contributed by atoms with Gasteiger partial charge in [-0.3, -0.25) is 10.3 Å². The lowest BCUT2D eigenvalue weighted by Crippen LogP contribution is -2.38. The lowest BCUT2D eigenvalue weighted by Gasteiger charge is -2.23. The van der Waals surface area contributed by atoms with Crippen molar-refractivity contribution in [3.63, 3.8) is 0 Å². The maximum atomic E-state index is 9.93. The molecule has 1 aliphatic carbocycles. The third-order valence-electron chi connectivity index (χ3n) is 5.10. The highest BCUT2D eigenvalue weighted by molar-refractivity contribution is 5.59. The fraction of sp³-hybridized carbons (Fsp3) is 0.625. The Balaban J connectivity index is 1.73. The molecule has 3 rings (SSSR count). The van der Waals surface area contributed by atoms with Gasteiger partial charge in [0.1, 0.15) is 23.9 Å². The predicted octanol–water partition coefficient (Wildman–Crippen LogP) is 2.98. The summed E-state index contributed by atoms with van der Waals surface area (Å²) in [5.41, 5.74) is 2.10. The van der Waals surface area contributed by atoms with Crippen LogP contribution in [0.5, 0.6) is 5.75 Å². The van der Waals surface area contributed by atoms with E-state index in [4.69, 9.17) is 19.4 Å². The predicted molar refractivity (Wildman–Crippen MR) is 126 cm³/mol. The minimum absolute atomic E-state index is 0.0342. The van der Waals surface area contributed by atoms with Gasteiger partial charge in [0.05, 0.1) is 18.9 Å². The number of pyridine rings is 1. The number of aliphatic hydroxyl groups is 1. The molecule has 2 heterocycles. The molecule has 1 aliphatic rings. The highest BCUT2D eigenvalue weighted by atomic mass is 16.5. The first-order chi connectivity index (χ1) is 15.0. The second-order valence-corrected chi connectivity index (χ2v) is 10.0. The van der Waals surface area contributed by atoms with E-state index in [1.807, 2.05) is 13.1 Å². The first-order valence-electron chi connectivity index (χ1n) is 11.3. The van der Waals surface area contributed by atoms with Gasteiger partial charge in [0.15, 0.2) is 5.82 Å². The number of nitrogens with one attached hydrogen (secondary N) is 1. The average Bonchev–Trinajstić information content (AvgIpc) is 3.18. The van der Waals surface area contributed by atoms with Crippen molar-refractivity contribution in [1.29, 1.82) is 0 Å². The number of hydrogen-bond acceptors (Lipinski definition) is 8. The molecule has 8 nitrogen and oxygen atoms in total. The zero-order valence-corrected chi connectivity index (χ0v) is 20.2. The second kappa shape index (κ2) is 10.1. The summed E-state index contributed by atoms with van der Waals surface area (Å²) >= 11 is 0. The van der Waals surface area contributed by atoms with E-state index >= 15 is 0 Å². The van der Waals surface area contributed by atoms with Gasteiger partial charge in [-0.1, -0.05) is 0 Å². The first kappa shape index (κ1) is 24.4. The molecule has 2 aromatic rings. The number of ether oxygens (including phenoxy) is 2. The third kappa shape index (κ3) is 7.12. The third-order valence-corrected chi connectivity index (χ3v) is 5.10. The maximum absolute atomic E-state index is 9.93. The van der Waals surface area contributed by atoms with E-state index < -0.39 is 5.60 Å². The van der Waals surface area contributed by atoms with E-state index in [9.17, 15) is 5.11 Å². The van der Waals surface area contributed by atoms with Crippen molar-refractivity contribution < 1.29 is 14.6 Å². The highest BCUT2D eigenvalue weighted by Crippen LogP contribution is 2.31. The molecule has 0 unspecified atom stereocenters. The first-order valence-corrected chi connectivity index (χ1v) is 11.3. The molecule has 2 N–H and O–H groups in total. The molecule has 176 valence electrons. The molecular weight excluding hydrogens is 406 g/mol. The van der Waals surface area contributed by atoms with E-state index in [-0.39, 0.29) is 12.1 Å². The molecule has 2 aromatic heterocycles. The van der Waals surface area contributed by atoms with Crippen LogP contribution in [0.3, 0.4) is 0 Å². The number of aryl methyl sites for hydroxylation is 1. The van der Waals surface area contributed by atoms with Gasteiger partial charge in [-0.2, -0.15) is 0 Å². The van der Waals surface area contributed by atoms with E-state index in [1.54, 1.807) is 26.1 Å². The standard InChI is InChI=1S/C24H37N5O3/c1-23(2,3)26-16-31-13-12-29(6)22-18-8-7-9-19(18)27-21(28-22)20-14-17(10-11-25-20)32-15-24(4,5)30/h10-11,14,26,30H,7-9,12-13,15-16H2,1-6H3. The summed E-state index contributed by atoms with van der Waals surface area (Å²) < 4.78 is 11.5. The Hall–Kier alpha value is -2.29. The van der Waals surface area contributed by atoms with Gasteiger partial charge in [-0.05, 0) is 59.9 Å². The zero-order valence-electron chi connectivity index (χ0n) is 20.2. The normalized spacial score (nSPS) is 13.8. The molecule has 0 fully saturated rings. The molecule has 0 saturated carbocycles. The summed E-state index contributed by atoms with van der Waals surface area (Å²) in [6.07, 6.45) is 4.71. The van der Waals surface area contributed by atoms with Crippen LogP contribution in [0, 0.1) is 0 Å². The van der Waals surface area contributed by atoms with Crippen LogP contribution in [-0.2, 0) is 17.6 Å². The molecule has 0 saturated heterocycles. The van der Waals surface area contributed by atoms with Crippen LogP contribution in [0.1, 0.15) is 52.3 Å². The number of aromatic nitrogens is 3. The van der Waals surface area contributed by atoms with Crippen molar-refractivity contribution in [2.75, 3.05) is 38.4 Å². The van der Waals surface area contributed by atoms with Crippen LogP contribution in [0.4, 0.5) is 5.82 Å². The quantitative estimate of drug-likeness (QED) is 0.428. The molecule has 0 bridgehead atoms. The van der Waals surface area contributed by atoms with Crippen LogP contribution >= 0.6 is 0 Å². The van der Waals surface area contributed by atoms with Crippen LogP contribution in [0.2, 0.25) is 0 Å². The Labute approximate surface area is 191 Å². The molecule has 0 radical (unpaired) electrons. The smallest absolute Gasteiger partial charge is 0.180 e. The summed E-state index contributed by atoms with van der Waals surface area (Å²) in [6.45, 7) is 11.8. The largest absolute Gasteiger partial charge is 0.490 e. The number of rotatable bonds is 10. The van der Waals surface area contributed by atoms with Gasteiger partial charge in [0, 0.05) is 42.7 Å². The average molecular weight is 444 g/mol. The van der Waals surface area contributed by atoms with Crippen LogP contribution in [0.15, 0.2) is 18.3 Å². The fourth-order valence-electron chi connectivity index (χ4n) is 3.37. The van der Waals surface area contributed by atoms with Crippen molar-refractivity contribution in [2.24, 2.45) is 0 Å². The van der Waals surface area contributed by atoms with Crippen molar-refractivity contribution in [2.45, 2.75) is 65.0 Å². The van der Waals surface area contributed by atoms with Crippen LogP contribution in [0.25, 0.3) is 11.5 Å². The maximum Gasteiger partial charge on any atom is 0.180 e. The number of anilines is 1. The second-order valence-electron chi connectivity index (χ2n) is 10.0. The Morgan fingerprint density at radius 2 is 1.94 bits per heavy atom. The Morgan fingerprint density at radius 1 is 1.16 bits per heavy atom. The summed E-state index contributed by atoms with van der Waals surface area (Å²) in [5.74, 6) is 2.17. The van der Waals surface area contributed by atoms with Gasteiger partial charge in [-0.25, -0.2) is 9.97 Å². The van der Waals surface area contributed by atoms with Crippen LogP contribution in [-0.4, -0.2) is 64.7 Å². The SMILES string of the molecule is CN(CCOCNC(C)(C)C)c1nc(-c2cc(OCC(C)(C)O)ccn2)nc2c1CCC2. The molecular formula is C24H37N5O3. The zero-order chi connectivity index (χ0) is 23.4. The summed E-state index contributed by atoms with van der Waals surface area (Å²) in [7, 11) is 2.04. The summed E-state index contributed by atoms with van der Waals surface area (Å²) in [5, 5.41) is 13.3. The van der Waals surface area contributed by atoms with Crippen LogP contribution < -0.4 is 15.0 Å². The molecule has 32 heavy (non-hydrogen) atoms. The number of hydrogen-bond donors (Lipinski definition) is 2. The number of nitrogens with zero attached hydrogens (tertiary/aromatic N) is 4. The number of likely N-dealkylation sites (N-methyl/N-ethyl adjacent to an activating group) is 1. The van der Waals surface area contributed by atoms with E-state index in [0.717, 1.165) is 37.3 Å². The minimum Gasteiger partial charge on any atom is -0.490 e. The fourth-order valence-corrected chi connectivity index (χ4v) is 3.37. The Bertz CT molecular complexity index is 905. The molecule has 0 aromatic carbocycles. The minimum atomic E-state index is -0.909. The van der Waals surface area contributed by atoms with Crippen molar-refractivity contribution >= 4 is 5.82 Å².